The Labute approximate surface area is 132 Å². The lowest BCUT2D eigenvalue weighted by molar-refractivity contribution is -0.124. The van der Waals surface area contributed by atoms with Gasteiger partial charge < -0.3 is 0 Å². The van der Waals surface area contributed by atoms with Gasteiger partial charge in [0, 0.05) is 17.2 Å². The highest BCUT2D eigenvalue weighted by Gasteiger charge is 2.03. The fourth-order valence-electron chi connectivity index (χ4n) is 1.86. The normalized spacial score (nSPS) is 11.0. The fourth-order valence-corrected chi connectivity index (χ4v) is 1.86. The first-order valence-electron chi connectivity index (χ1n) is 6.79. The Morgan fingerprint density at radius 3 is 2.39 bits per heavy atom. The molecule has 0 saturated heterocycles. The van der Waals surface area contributed by atoms with Crippen LogP contribution >= 0.6 is 0 Å². The molecule has 0 heterocycles. The molecule has 0 aliphatic heterocycles. The maximum Gasteiger partial charge on any atom is 0.267 e. The molecule has 0 radical (unpaired) electrons. The van der Waals surface area contributed by atoms with Gasteiger partial charge in [0.25, 0.3) is 5.91 Å². The third-order valence-electron chi connectivity index (χ3n) is 3.03. The van der Waals surface area contributed by atoms with E-state index in [-0.39, 0.29) is 11.3 Å². The molecule has 0 atom stereocenters. The van der Waals surface area contributed by atoms with Crippen molar-refractivity contribution in [3.8, 4) is 0 Å². The highest BCUT2D eigenvalue weighted by atomic mass is 19.1. The summed E-state index contributed by atoms with van der Waals surface area (Å²) in [7, 11) is 0. The number of amides is 1. The molecule has 116 valence electrons. The van der Waals surface area contributed by atoms with Gasteiger partial charge in [-0.15, -0.1) is 0 Å². The van der Waals surface area contributed by atoms with E-state index < -0.39 is 11.7 Å². The minimum Gasteiger partial charge on any atom is -0.289 e. The second-order valence-corrected chi connectivity index (χ2v) is 4.65. The largest absolute Gasteiger partial charge is 0.289 e. The molecule has 23 heavy (non-hydrogen) atoms. The first-order chi connectivity index (χ1) is 11.1. The molecule has 0 fully saturated rings. The first kappa shape index (κ1) is 16.3. The zero-order valence-corrected chi connectivity index (χ0v) is 12.1. The molecule has 5 heteroatoms. The van der Waals surface area contributed by atoms with Crippen molar-refractivity contribution >= 4 is 23.8 Å². The molecular formula is C18H14FNO3. The molecule has 2 rings (SSSR count). The summed E-state index contributed by atoms with van der Waals surface area (Å²) in [5.41, 5.74) is 2.69. The zero-order chi connectivity index (χ0) is 16.7. The lowest BCUT2D eigenvalue weighted by Gasteiger charge is -2.00. The Hall–Kier alpha value is -3.05. The molecule has 0 unspecified atom stereocenters. The minimum atomic E-state index is -0.706. The highest BCUT2D eigenvalue weighted by Crippen LogP contribution is 2.14. The molecule has 4 nitrogen and oxygen atoms in total. The zero-order valence-electron chi connectivity index (χ0n) is 12.1. The van der Waals surface area contributed by atoms with Crippen LogP contribution in [0.15, 0.2) is 60.7 Å². The topological polar surface area (TPSA) is 66.4 Å². The average Bonchev–Trinajstić information content (AvgIpc) is 2.59. The third-order valence-corrected chi connectivity index (χ3v) is 3.03. The number of allylic oxidation sites excluding steroid dienone is 1. The standard InChI is InChI=1S/C18H14FNO3/c19-16-12-13(7-11-18(22)20-23)6-8-14(16)9-10-17(21)15-4-2-1-3-5-15/h1-12,23H,(H,20,22). The number of ketones is 1. The molecule has 1 amide bonds. The van der Waals surface area contributed by atoms with E-state index in [9.17, 15) is 14.0 Å². The van der Waals surface area contributed by atoms with E-state index in [0.717, 1.165) is 6.08 Å². The molecule has 2 N–H and O–H groups in total. The number of halogens is 1. The summed E-state index contributed by atoms with van der Waals surface area (Å²) in [4.78, 5) is 22.8. The summed E-state index contributed by atoms with van der Waals surface area (Å²) in [5, 5.41) is 8.36. The summed E-state index contributed by atoms with van der Waals surface area (Å²) in [6.45, 7) is 0. The highest BCUT2D eigenvalue weighted by molar-refractivity contribution is 6.06. The fraction of sp³-hybridized carbons (Fsp3) is 0. The van der Waals surface area contributed by atoms with Crippen molar-refractivity contribution in [3.63, 3.8) is 0 Å². The van der Waals surface area contributed by atoms with Crippen LogP contribution in [-0.2, 0) is 4.79 Å². The lowest BCUT2D eigenvalue weighted by atomic mass is 10.1. The Kier molecular flexibility index (Phi) is 5.55. The first-order valence-corrected chi connectivity index (χ1v) is 6.79. The van der Waals surface area contributed by atoms with Gasteiger partial charge in [-0.05, 0) is 29.9 Å². The second kappa shape index (κ2) is 7.82. The number of rotatable bonds is 5. The maximum absolute atomic E-state index is 14.0. The van der Waals surface area contributed by atoms with Gasteiger partial charge >= 0.3 is 0 Å². The van der Waals surface area contributed by atoms with Crippen molar-refractivity contribution in [3.05, 3.63) is 83.2 Å². The SMILES string of the molecule is O=C(C=Cc1ccc(C=CC(=O)c2ccccc2)c(F)c1)NO. The minimum absolute atomic E-state index is 0.214. The predicted molar refractivity (Wildman–Crippen MR) is 85.2 cm³/mol. The van der Waals surface area contributed by atoms with Gasteiger partial charge in [-0.1, -0.05) is 42.5 Å². The summed E-state index contributed by atoms with van der Waals surface area (Å²) in [6.07, 6.45) is 5.14. The van der Waals surface area contributed by atoms with Crippen molar-refractivity contribution in [2.75, 3.05) is 0 Å². The van der Waals surface area contributed by atoms with Gasteiger partial charge in [-0.2, -0.15) is 0 Å². The molecular weight excluding hydrogens is 297 g/mol. The predicted octanol–water partition coefficient (Wildman–Crippen LogP) is 3.24. The summed E-state index contributed by atoms with van der Waals surface area (Å²) in [5.74, 6) is -1.44. The average molecular weight is 311 g/mol. The number of carbonyl (C=O) groups is 2. The van der Waals surface area contributed by atoms with Crippen molar-refractivity contribution in [2.45, 2.75) is 0 Å². The van der Waals surface area contributed by atoms with Crippen LogP contribution in [0.4, 0.5) is 4.39 Å². The molecule has 2 aromatic carbocycles. The quantitative estimate of drug-likeness (QED) is 0.385. The molecule has 0 saturated carbocycles. The Bertz CT molecular complexity index is 767. The van der Waals surface area contributed by atoms with E-state index in [0.29, 0.717) is 11.1 Å². The van der Waals surface area contributed by atoms with Crippen LogP contribution in [-0.4, -0.2) is 16.9 Å². The number of benzene rings is 2. The molecule has 2 aromatic rings. The van der Waals surface area contributed by atoms with E-state index in [1.54, 1.807) is 30.3 Å². The van der Waals surface area contributed by atoms with Crippen LogP contribution in [0.25, 0.3) is 12.2 Å². The van der Waals surface area contributed by atoms with Gasteiger partial charge in [0.05, 0.1) is 0 Å². The van der Waals surface area contributed by atoms with Crippen LogP contribution in [0, 0.1) is 5.82 Å². The van der Waals surface area contributed by atoms with Crippen LogP contribution in [0.5, 0.6) is 0 Å². The van der Waals surface area contributed by atoms with Crippen LogP contribution in [0.1, 0.15) is 21.5 Å². The Morgan fingerprint density at radius 1 is 1.00 bits per heavy atom. The van der Waals surface area contributed by atoms with Gasteiger partial charge in [0.1, 0.15) is 5.82 Å². The summed E-state index contributed by atoms with van der Waals surface area (Å²) < 4.78 is 14.0. The van der Waals surface area contributed by atoms with E-state index in [1.807, 2.05) is 6.07 Å². The van der Waals surface area contributed by atoms with Gasteiger partial charge in [0.2, 0.25) is 0 Å². The van der Waals surface area contributed by atoms with Gasteiger partial charge in [-0.25, -0.2) is 9.87 Å². The maximum atomic E-state index is 14.0. The number of hydroxylamine groups is 1. The summed E-state index contributed by atoms with van der Waals surface area (Å²) >= 11 is 0. The Morgan fingerprint density at radius 2 is 1.74 bits per heavy atom. The number of carbonyl (C=O) groups excluding carboxylic acids is 2. The third kappa shape index (κ3) is 4.72. The van der Waals surface area contributed by atoms with Crippen molar-refractivity contribution in [1.29, 1.82) is 0 Å². The van der Waals surface area contributed by atoms with Crippen molar-refractivity contribution < 1.29 is 19.2 Å². The van der Waals surface area contributed by atoms with E-state index in [2.05, 4.69) is 0 Å². The molecule has 0 aliphatic rings. The smallest absolute Gasteiger partial charge is 0.267 e. The molecule has 0 spiro atoms. The summed E-state index contributed by atoms with van der Waals surface area (Å²) in [6, 6.07) is 13.0. The Balaban J connectivity index is 2.12. The number of hydrogen-bond donors (Lipinski definition) is 2. The monoisotopic (exact) mass is 311 g/mol. The number of hydrogen-bond acceptors (Lipinski definition) is 3. The lowest BCUT2D eigenvalue weighted by Crippen LogP contribution is -2.14. The van der Waals surface area contributed by atoms with Gasteiger partial charge in [0.15, 0.2) is 5.78 Å². The van der Waals surface area contributed by atoms with E-state index >= 15 is 0 Å². The van der Waals surface area contributed by atoms with E-state index in [4.69, 9.17) is 5.21 Å². The number of nitrogens with one attached hydrogen (secondary N) is 1. The van der Waals surface area contributed by atoms with Crippen LogP contribution in [0.3, 0.4) is 0 Å². The molecule has 0 bridgehead atoms. The van der Waals surface area contributed by atoms with Crippen LogP contribution < -0.4 is 5.48 Å². The van der Waals surface area contributed by atoms with Crippen molar-refractivity contribution in [2.24, 2.45) is 0 Å². The molecule has 0 aliphatic carbocycles. The van der Waals surface area contributed by atoms with Crippen molar-refractivity contribution in [1.82, 2.24) is 5.48 Å². The van der Waals surface area contributed by atoms with E-state index in [1.165, 1.54) is 35.8 Å². The van der Waals surface area contributed by atoms with Gasteiger partial charge in [-0.3, -0.25) is 14.8 Å². The molecule has 0 aromatic heterocycles. The second-order valence-electron chi connectivity index (χ2n) is 4.65. The van der Waals surface area contributed by atoms with Crippen LogP contribution in [0.2, 0.25) is 0 Å².